The maximum atomic E-state index is 13.7. The molecule has 0 radical (unpaired) electrons. The maximum absolute atomic E-state index is 13.7. The molecule has 0 spiro atoms. The SMILES string of the molecule is Cc1cc(S(=O)(=O)N2CCC(C(C)C)C2)cc(CO)c1F. The van der Waals surface area contributed by atoms with Gasteiger partial charge < -0.3 is 5.11 Å². The van der Waals surface area contributed by atoms with Crippen LogP contribution in [0.1, 0.15) is 31.4 Å². The average molecular weight is 315 g/mol. The van der Waals surface area contributed by atoms with Crippen molar-refractivity contribution in [2.24, 2.45) is 11.8 Å². The molecule has 4 nitrogen and oxygen atoms in total. The minimum absolute atomic E-state index is 0.0215. The van der Waals surface area contributed by atoms with E-state index >= 15 is 0 Å². The van der Waals surface area contributed by atoms with E-state index in [1.807, 2.05) is 0 Å². The van der Waals surface area contributed by atoms with Crippen molar-refractivity contribution in [2.45, 2.75) is 38.7 Å². The van der Waals surface area contributed by atoms with Gasteiger partial charge in [0, 0.05) is 18.7 Å². The molecule has 1 atom stereocenters. The lowest BCUT2D eigenvalue weighted by Crippen LogP contribution is -2.29. The van der Waals surface area contributed by atoms with Gasteiger partial charge in [0.25, 0.3) is 0 Å². The van der Waals surface area contributed by atoms with Crippen LogP contribution in [0.5, 0.6) is 0 Å². The van der Waals surface area contributed by atoms with Gasteiger partial charge in [-0.25, -0.2) is 12.8 Å². The van der Waals surface area contributed by atoms with Crippen LogP contribution >= 0.6 is 0 Å². The Morgan fingerprint density at radius 1 is 1.43 bits per heavy atom. The third kappa shape index (κ3) is 3.12. The van der Waals surface area contributed by atoms with E-state index in [4.69, 9.17) is 5.11 Å². The second-order valence-corrected chi connectivity index (χ2v) is 7.97. The summed E-state index contributed by atoms with van der Waals surface area (Å²) in [5.41, 5.74) is 0.257. The van der Waals surface area contributed by atoms with Crippen molar-refractivity contribution in [3.63, 3.8) is 0 Å². The largest absolute Gasteiger partial charge is 0.392 e. The van der Waals surface area contributed by atoms with Crippen molar-refractivity contribution in [2.75, 3.05) is 13.1 Å². The minimum Gasteiger partial charge on any atom is -0.392 e. The molecule has 1 aliphatic rings. The Kier molecular flexibility index (Phi) is 4.70. The van der Waals surface area contributed by atoms with Crippen LogP contribution in [0.25, 0.3) is 0 Å². The number of benzene rings is 1. The number of sulfonamides is 1. The summed E-state index contributed by atoms with van der Waals surface area (Å²) in [4.78, 5) is 0.0647. The summed E-state index contributed by atoms with van der Waals surface area (Å²) >= 11 is 0. The highest BCUT2D eigenvalue weighted by molar-refractivity contribution is 7.89. The van der Waals surface area contributed by atoms with Crippen LogP contribution in [0.4, 0.5) is 4.39 Å². The fraction of sp³-hybridized carbons (Fsp3) is 0.600. The molecule has 1 heterocycles. The second-order valence-electron chi connectivity index (χ2n) is 6.03. The predicted octanol–water partition coefficient (Wildman–Crippen LogP) is 2.29. The van der Waals surface area contributed by atoms with E-state index in [-0.39, 0.29) is 16.0 Å². The molecule has 0 aliphatic carbocycles. The monoisotopic (exact) mass is 315 g/mol. The number of rotatable bonds is 4. The first-order valence-corrected chi connectivity index (χ1v) is 8.61. The van der Waals surface area contributed by atoms with E-state index < -0.39 is 22.4 Å². The smallest absolute Gasteiger partial charge is 0.243 e. The van der Waals surface area contributed by atoms with Crippen LogP contribution < -0.4 is 0 Å². The Labute approximate surface area is 125 Å². The molecule has 0 saturated carbocycles. The fourth-order valence-electron chi connectivity index (χ4n) is 2.74. The van der Waals surface area contributed by atoms with E-state index in [2.05, 4.69) is 13.8 Å². The third-order valence-corrected chi connectivity index (χ3v) is 6.08. The van der Waals surface area contributed by atoms with Crippen LogP contribution in [0.2, 0.25) is 0 Å². The minimum atomic E-state index is -3.62. The summed E-state index contributed by atoms with van der Waals surface area (Å²) in [6.45, 7) is 6.18. The number of hydrogen-bond donors (Lipinski definition) is 1. The first-order valence-electron chi connectivity index (χ1n) is 7.17. The first-order chi connectivity index (χ1) is 9.77. The highest BCUT2D eigenvalue weighted by Gasteiger charge is 2.34. The third-order valence-electron chi connectivity index (χ3n) is 4.24. The van der Waals surface area contributed by atoms with Crippen molar-refractivity contribution < 1.29 is 17.9 Å². The van der Waals surface area contributed by atoms with Crippen molar-refractivity contribution in [3.8, 4) is 0 Å². The zero-order valence-electron chi connectivity index (χ0n) is 12.6. The van der Waals surface area contributed by atoms with E-state index in [1.165, 1.54) is 23.4 Å². The van der Waals surface area contributed by atoms with Gasteiger partial charge in [0.05, 0.1) is 11.5 Å². The van der Waals surface area contributed by atoms with Gasteiger partial charge in [-0.1, -0.05) is 13.8 Å². The Bertz CT molecular complexity index is 628. The normalized spacial score (nSPS) is 20.4. The van der Waals surface area contributed by atoms with Crippen molar-refractivity contribution in [1.82, 2.24) is 4.31 Å². The van der Waals surface area contributed by atoms with Crippen LogP contribution in [-0.2, 0) is 16.6 Å². The van der Waals surface area contributed by atoms with Gasteiger partial charge >= 0.3 is 0 Å². The van der Waals surface area contributed by atoms with Gasteiger partial charge in [-0.3, -0.25) is 0 Å². The van der Waals surface area contributed by atoms with Crippen LogP contribution in [0.3, 0.4) is 0 Å². The Balaban J connectivity index is 2.35. The summed E-state index contributed by atoms with van der Waals surface area (Å²) in [5.74, 6) is 0.254. The number of halogens is 1. The molecule has 1 unspecified atom stereocenters. The van der Waals surface area contributed by atoms with Crippen LogP contribution in [-0.4, -0.2) is 30.9 Å². The van der Waals surface area contributed by atoms with E-state index in [9.17, 15) is 12.8 Å². The van der Waals surface area contributed by atoms with Gasteiger partial charge in [-0.2, -0.15) is 4.31 Å². The number of aryl methyl sites for hydroxylation is 1. The molecule has 1 fully saturated rings. The zero-order valence-corrected chi connectivity index (χ0v) is 13.5. The molecule has 1 saturated heterocycles. The summed E-state index contributed by atoms with van der Waals surface area (Å²) in [5, 5.41) is 9.16. The summed E-state index contributed by atoms with van der Waals surface area (Å²) in [6.07, 6.45) is 0.851. The molecule has 1 aromatic rings. The van der Waals surface area contributed by atoms with Crippen LogP contribution in [0.15, 0.2) is 17.0 Å². The number of hydrogen-bond acceptors (Lipinski definition) is 3. The highest BCUT2D eigenvalue weighted by atomic mass is 32.2. The van der Waals surface area contributed by atoms with E-state index in [1.54, 1.807) is 0 Å². The summed E-state index contributed by atoms with van der Waals surface area (Å²) in [6, 6.07) is 2.58. The fourth-order valence-corrected chi connectivity index (χ4v) is 4.38. The molecule has 0 aromatic heterocycles. The predicted molar refractivity (Wildman–Crippen MR) is 78.8 cm³/mol. The zero-order chi connectivity index (χ0) is 15.8. The summed E-state index contributed by atoms with van der Waals surface area (Å²) in [7, 11) is -3.62. The molecule has 118 valence electrons. The Morgan fingerprint density at radius 3 is 2.62 bits per heavy atom. The summed E-state index contributed by atoms with van der Waals surface area (Å²) < 4.78 is 40.5. The van der Waals surface area contributed by atoms with Gasteiger partial charge in [0.15, 0.2) is 0 Å². The molecule has 1 aliphatic heterocycles. The van der Waals surface area contributed by atoms with Gasteiger partial charge in [-0.15, -0.1) is 0 Å². The molecule has 0 amide bonds. The number of aliphatic hydroxyl groups is 1. The van der Waals surface area contributed by atoms with Crippen molar-refractivity contribution >= 4 is 10.0 Å². The molecule has 0 bridgehead atoms. The number of aliphatic hydroxyl groups excluding tert-OH is 1. The van der Waals surface area contributed by atoms with E-state index in [0.717, 1.165) is 6.42 Å². The number of nitrogens with zero attached hydrogens (tertiary/aromatic N) is 1. The molecule has 1 aromatic carbocycles. The molecular weight excluding hydrogens is 293 g/mol. The quantitative estimate of drug-likeness (QED) is 0.927. The topological polar surface area (TPSA) is 57.6 Å². The molecular formula is C15H22FNO3S. The standard InChI is InChI=1S/C15H22FNO3S/c1-10(2)12-4-5-17(8-12)21(19,20)14-6-11(3)15(16)13(7-14)9-18/h6-7,10,12,18H,4-5,8-9H2,1-3H3. The molecule has 2 rings (SSSR count). The van der Waals surface area contributed by atoms with Crippen molar-refractivity contribution in [1.29, 1.82) is 0 Å². The Hall–Kier alpha value is -0.980. The van der Waals surface area contributed by atoms with Gasteiger partial charge in [0.2, 0.25) is 10.0 Å². The van der Waals surface area contributed by atoms with Gasteiger partial charge in [0.1, 0.15) is 5.82 Å². The average Bonchev–Trinajstić information content (AvgIpc) is 2.92. The maximum Gasteiger partial charge on any atom is 0.243 e. The van der Waals surface area contributed by atoms with Gasteiger partial charge in [-0.05, 0) is 42.9 Å². The molecule has 6 heteroatoms. The van der Waals surface area contributed by atoms with Crippen LogP contribution in [0, 0.1) is 24.6 Å². The lowest BCUT2D eigenvalue weighted by atomic mass is 9.96. The van der Waals surface area contributed by atoms with E-state index in [0.29, 0.717) is 24.9 Å². The first kappa shape index (κ1) is 16.4. The molecule has 21 heavy (non-hydrogen) atoms. The highest BCUT2D eigenvalue weighted by Crippen LogP contribution is 2.30. The molecule has 1 N–H and O–H groups in total. The lowest BCUT2D eigenvalue weighted by Gasteiger charge is -2.19. The Morgan fingerprint density at radius 2 is 2.10 bits per heavy atom. The van der Waals surface area contributed by atoms with Crippen molar-refractivity contribution in [3.05, 3.63) is 29.1 Å². The lowest BCUT2D eigenvalue weighted by molar-refractivity contribution is 0.275. The second kappa shape index (κ2) is 6.02.